The monoisotopic (exact) mass is 258 g/mol. The van der Waals surface area contributed by atoms with E-state index in [9.17, 15) is 4.79 Å². The molecular weight excluding hydrogens is 240 g/mol. The van der Waals surface area contributed by atoms with Gasteiger partial charge in [-0.15, -0.1) is 0 Å². The van der Waals surface area contributed by atoms with Crippen LogP contribution in [0.15, 0.2) is 24.4 Å². The molecule has 0 spiro atoms. The summed E-state index contributed by atoms with van der Waals surface area (Å²) in [4.78, 5) is 17.5. The number of carbonyl (C=O) groups excluding carboxylic acids is 1. The van der Waals surface area contributed by atoms with Gasteiger partial charge >= 0.3 is 0 Å². The van der Waals surface area contributed by atoms with Gasteiger partial charge in [0.15, 0.2) is 6.29 Å². The molecule has 0 atom stereocenters. The van der Waals surface area contributed by atoms with E-state index in [1.165, 1.54) is 0 Å². The average molecular weight is 258 g/mol. The van der Waals surface area contributed by atoms with E-state index in [2.05, 4.69) is 10.1 Å². The first-order chi connectivity index (χ1) is 9.13. The smallest absolute Gasteiger partial charge is 0.155 e. The highest BCUT2D eigenvalue weighted by molar-refractivity contribution is 5.84. The molecule has 0 aliphatic carbocycles. The van der Waals surface area contributed by atoms with Crippen LogP contribution in [-0.2, 0) is 13.5 Å². The zero-order valence-electron chi connectivity index (χ0n) is 11.5. The third-order valence-electron chi connectivity index (χ3n) is 3.15. The normalized spacial score (nSPS) is 10.5. The highest BCUT2D eigenvalue weighted by atomic mass is 16.1. The Morgan fingerprint density at radius 1 is 1.42 bits per heavy atom. The summed E-state index contributed by atoms with van der Waals surface area (Å²) in [7, 11) is 3.82. The van der Waals surface area contributed by atoms with Crippen LogP contribution in [0.2, 0.25) is 0 Å². The van der Waals surface area contributed by atoms with E-state index in [4.69, 9.17) is 0 Å². The van der Waals surface area contributed by atoms with Crippen molar-refractivity contribution in [1.29, 1.82) is 0 Å². The van der Waals surface area contributed by atoms with Gasteiger partial charge in [0, 0.05) is 39.0 Å². The Morgan fingerprint density at radius 2 is 2.21 bits per heavy atom. The highest BCUT2D eigenvalue weighted by Crippen LogP contribution is 2.20. The minimum atomic E-state index is 0.658. The van der Waals surface area contributed by atoms with Crippen molar-refractivity contribution in [2.24, 2.45) is 7.05 Å². The zero-order chi connectivity index (χ0) is 13.8. The Bertz CT molecular complexity index is 562. The van der Waals surface area contributed by atoms with Gasteiger partial charge in [-0.2, -0.15) is 5.10 Å². The van der Waals surface area contributed by atoms with E-state index in [-0.39, 0.29) is 0 Å². The number of pyridine rings is 1. The first-order valence-corrected chi connectivity index (χ1v) is 6.23. The number of aldehydes is 1. The zero-order valence-corrected chi connectivity index (χ0v) is 11.5. The number of aromatic nitrogens is 3. The van der Waals surface area contributed by atoms with Crippen molar-refractivity contribution in [1.82, 2.24) is 14.8 Å². The van der Waals surface area contributed by atoms with Gasteiger partial charge in [0.1, 0.15) is 5.82 Å². The molecule has 0 amide bonds. The molecule has 2 aromatic rings. The molecule has 0 saturated carbocycles. The van der Waals surface area contributed by atoms with Crippen LogP contribution in [0.5, 0.6) is 0 Å². The van der Waals surface area contributed by atoms with Gasteiger partial charge in [-0.05, 0) is 19.1 Å². The lowest BCUT2D eigenvalue weighted by atomic mass is 10.2. The van der Waals surface area contributed by atoms with Gasteiger partial charge in [0.2, 0.25) is 0 Å². The number of carbonyl (C=O) groups is 1. The van der Waals surface area contributed by atoms with Crippen molar-refractivity contribution in [2.45, 2.75) is 13.3 Å². The van der Waals surface area contributed by atoms with Gasteiger partial charge in [-0.1, -0.05) is 6.07 Å². The van der Waals surface area contributed by atoms with Crippen molar-refractivity contribution in [3.63, 3.8) is 0 Å². The molecule has 0 bridgehead atoms. The summed E-state index contributed by atoms with van der Waals surface area (Å²) in [5.74, 6) is 0.850. The number of hydrogen-bond acceptors (Lipinski definition) is 4. The number of aryl methyl sites for hydroxylation is 2. The second-order valence-electron chi connectivity index (χ2n) is 4.56. The molecule has 0 unspecified atom stereocenters. The topological polar surface area (TPSA) is 51.0 Å². The summed E-state index contributed by atoms with van der Waals surface area (Å²) in [5, 5.41) is 4.29. The molecule has 2 rings (SSSR count). The second kappa shape index (κ2) is 5.65. The van der Waals surface area contributed by atoms with Gasteiger partial charge in [-0.25, -0.2) is 0 Å². The lowest BCUT2D eigenvalue weighted by Crippen LogP contribution is -2.24. The van der Waals surface area contributed by atoms with Crippen molar-refractivity contribution in [3.8, 4) is 0 Å². The predicted molar refractivity (Wildman–Crippen MR) is 74.5 cm³/mol. The number of hydrogen-bond donors (Lipinski definition) is 0. The van der Waals surface area contributed by atoms with Crippen LogP contribution in [0.3, 0.4) is 0 Å². The van der Waals surface area contributed by atoms with E-state index in [1.54, 1.807) is 10.9 Å². The van der Waals surface area contributed by atoms with Crippen LogP contribution in [0, 0.1) is 6.92 Å². The number of rotatable bonds is 5. The largest absolute Gasteiger partial charge is 0.359 e. The molecule has 0 aromatic carbocycles. The van der Waals surface area contributed by atoms with Crippen molar-refractivity contribution >= 4 is 12.1 Å². The Kier molecular flexibility index (Phi) is 3.94. The Morgan fingerprint density at radius 3 is 2.84 bits per heavy atom. The van der Waals surface area contributed by atoms with Gasteiger partial charge in [-0.3, -0.25) is 14.5 Å². The number of likely N-dealkylation sites (N-methyl/N-ethyl adjacent to an activating group) is 1. The summed E-state index contributed by atoms with van der Waals surface area (Å²) in [6.07, 6.45) is 3.50. The van der Waals surface area contributed by atoms with Gasteiger partial charge in [0.25, 0.3) is 0 Å². The Hall–Kier alpha value is -2.17. The van der Waals surface area contributed by atoms with E-state index < -0.39 is 0 Å². The fraction of sp³-hybridized carbons (Fsp3) is 0.357. The molecule has 5 nitrogen and oxygen atoms in total. The summed E-state index contributed by atoms with van der Waals surface area (Å²) in [5.41, 5.74) is 2.46. The fourth-order valence-corrected chi connectivity index (χ4v) is 2.19. The number of anilines is 1. The van der Waals surface area contributed by atoms with E-state index in [0.717, 1.165) is 36.5 Å². The molecule has 19 heavy (non-hydrogen) atoms. The maximum atomic E-state index is 11.1. The van der Waals surface area contributed by atoms with Crippen LogP contribution in [0.1, 0.15) is 21.7 Å². The fourth-order valence-electron chi connectivity index (χ4n) is 2.19. The summed E-state index contributed by atoms with van der Waals surface area (Å²) >= 11 is 0. The molecule has 0 radical (unpaired) electrons. The molecule has 0 N–H and O–H groups in total. The van der Waals surface area contributed by atoms with Crippen LogP contribution in [-0.4, -0.2) is 34.6 Å². The lowest BCUT2D eigenvalue weighted by Gasteiger charge is -2.19. The number of nitrogens with zero attached hydrogens (tertiary/aromatic N) is 4. The molecule has 0 fully saturated rings. The van der Waals surface area contributed by atoms with Crippen molar-refractivity contribution in [3.05, 3.63) is 41.3 Å². The molecule has 100 valence electrons. The average Bonchev–Trinajstić information content (AvgIpc) is 2.71. The Labute approximate surface area is 112 Å². The third-order valence-corrected chi connectivity index (χ3v) is 3.15. The van der Waals surface area contributed by atoms with E-state index in [1.807, 2.05) is 44.1 Å². The third kappa shape index (κ3) is 2.81. The van der Waals surface area contributed by atoms with Crippen molar-refractivity contribution < 1.29 is 4.79 Å². The lowest BCUT2D eigenvalue weighted by molar-refractivity contribution is 0.112. The van der Waals surface area contributed by atoms with Crippen LogP contribution >= 0.6 is 0 Å². The van der Waals surface area contributed by atoms with Gasteiger partial charge < -0.3 is 4.90 Å². The van der Waals surface area contributed by atoms with Crippen LogP contribution in [0.4, 0.5) is 5.82 Å². The molecule has 0 saturated heterocycles. The first kappa shape index (κ1) is 13.3. The summed E-state index contributed by atoms with van der Waals surface area (Å²) in [6, 6.07) is 5.89. The maximum Gasteiger partial charge on any atom is 0.155 e. The molecule has 2 aromatic heterocycles. The van der Waals surface area contributed by atoms with Crippen LogP contribution in [0.25, 0.3) is 0 Å². The minimum absolute atomic E-state index is 0.658. The van der Waals surface area contributed by atoms with Crippen LogP contribution < -0.4 is 4.90 Å². The van der Waals surface area contributed by atoms with E-state index >= 15 is 0 Å². The van der Waals surface area contributed by atoms with Gasteiger partial charge in [0.05, 0.1) is 11.3 Å². The van der Waals surface area contributed by atoms with Crippen molar-refractivity contribution in [2.75, 3.05) is 18.5 Å². The molecule has 0 aliphatic heterocycles. The molecule has 5 heteroatoms. The SMILES string of the molecule is Cc1nn(C)c(N(C)CCc2ccccn2)c1C=O. The standard InChI is InChI=1S/C14H18N4O/c1-11-13(10-19)14(18(3)16-11)17(2)9-7-12-6-4-5-8-15-12/h4-6,8,10H,7,9H2,1-3H3. The second-order valence-corrected chi connectivity index (χ2v) is 4.56. The summed E-state index contributed by atoms with van der Waals surface area (Å²) in [6.45, 7) is 2.64. The predicted octanol–water partition coefficient (Wildman–Crippen LogP) is 1.61. The molecule has 0 aliphatic rings. The maximum absolute atomic E-state index is 11.1. The molecule has 2 heterocycles. The first-order valence-electron chi connectivity index (χ1n) is 6.23. The summed E-state index contributed by atoms with van der Waals surface area (Å²) < 4.78 is 1.75. The minimum Gasteiger partial charge on any atom is -0.359 e. The van der Waals surface area contributed by atoms with E-state index in [0.29, 0.717) is 5.56 Å². The highest BCUT2D eigenvalue weighted by Gasteiger charge is 2.16. The quantitative estimate of drug-likeness (QED) is 0.765. The Balaban J connectivity index is 2.12. The molecular formula is C14H18N4O.